The summed E-state index contributed by atoms with van der Waals surface area (Å²) in [5.41, 5.74) is 5.18. The first-order valence-electron chi connectivity index (χ1n) is 13.0. The summed E-state index contributed by atoms with van der Waals surface area (Å²) in [4.78, 5) is 0. The highest BCUT2D eigenvalue weighted by molar-refractivity contribution is 5.34. The van der Waals surface area contributed by atoms with Crippen molar-refractivity contribution in [1.29, 1.82) is 0 Å². The molecule has 0 radical (unpaired) electrons. The fourth-order valence-electron chi connectivity index (χ4n) is 8.70. The molecule has 0 amide bonds. The van der Waals surface area contributed by atoms with Crippen LogP contribution in [-0.2, 0) is 0 Å². The molecule has 0 spiro atoms. The van der Waals surface area contributed by atoms with Gasteiger partial charge in [-0.25, -0.2) is 0 Å². The fraction of sp³-hybridized carbons (Fsp3) is 0.929. The van der Waals surface area contributed by atoms with Gasteiger partial charge < -0.3 is 0 Å². The summed E-state index contributed by atoms with van der Waals surface area (Å²) in [5, 5.41) is 0. The van der Waals surface area contributed by atoms with Crippen molar-refractivity contribution < 1.29 is 0 Å². The maximum atomic E-state index is 2.72. The van der Waals surface area contributed by atoms with Crippen LogP contribution in [0.3, 0.4) is 0 Å². The Hall–Kier alpha value is -0.260. The third-order valence-corrected chi connectivity index (χ3v) is 10.5. The standard InChI is InChI=1S/C28H48/c1-19(2)8-7-9-21(4)24-12-13-25-23-11-10-22-18-20(3)14-16-27(22,5)26(23)15-17-28(24,25)6/h19-22,24-25H,7-18H2,1-6H3/t20?,21-,22?,24-,25+,27+,28-/m1/s1. The number of allylic oxidation sites excluding steroid dienone is 2. The van der Waals surface area contributed by atoms with Crippen molar-refractivity contribution in [3.05, 3.63) is 11.1 Å². The van der Waals surface area contributed by atoms with E-state index >= 15 is 0 Å². The highest BCUT2D eigenvalue weighted by Gasteiger charge is 2.55. The van der Waals surface area contributed by atoms with Crippen LogP contribution in [0, 0.1) is 46.3 Å². The van der Waals surface area contributed by atoms with E-state index in [0.29, 0.717) is 10.8 Å². The van der Waals surface area contributed by atoms with Crippen LogP contribution in [0.2, 0.25) is 0 Å². The van der Waals surface area contributed by atoms with Crippen molar-refractivity contribution in [1.82, 2.24) is 0 Å². The van der Waals surface area contributed by atoms with E-state index in [1.54, 1.807) is 0 Å². The van der Waals surface area contributed by atoms with Crippen molar-refractivity contribution >= 4 is 0 Å². The van der Waals surface area contributed by atoms with Gasteiger partial charge in [0, 0.05) is 0 Å². The number of hydrogen-bond acceptors (Lipinski definition) is 0. The molecule has 0 nitrogen and oxygen atoms in total. The summed E-state index contributed by atoms with van der Waals surface area (Å²) in [6, 6.07) is 0. The summed E-state index contributed by atoms with van der Waals surface area (Å²) in [6.45, 7) is 15.3. The Morgan fingerprint density at radius 2 is 1.71 bits per heavy atom. The van der Waals surface area contributed by atoms with Crippen LogP contribution >= 0.6 is 0 Å². The molecule has 4 aliphatic rings. The molecular formula is C28H48. The van der Waals surface area contributed by atoms with E-state index in [-0.39, 0.29) is 0 Å². The molecule has 0 aromatic heterocycles. The zero-order valence-corrected chi connectivity index (χ0v) is 19.9. The molecule has 160 valence electrons. The highest BCUT2D eigenvalue weighted by Crippen LogP contribution is 2.66. The number of rotatable bonds is 5. The SMILES string of the molecule is CC(C)CCC[C@@H](C)[C@H]1CC[C@H]2C3=C(CC[C@]12C)[C@@]1(C)CCC(C)CC1CC3. The summed E-state index contributed by atoms with van der Waals surface area (Å²) in [5.74, 6) is 5.68. The van der Waals surface area contributed by atoms with Gasteiger partial charge in [-0.1, -0.05) is 72.0 Å². The Balaban J connectivity index is 1.52. The fourth-order valence-corrected chi connectivity index (χ4v) is 8.70. The van der Waals surface area contributed by atoms with Gasteiger partial charge in [0.15, 0.2) is 0 Å². The van der Waals surface area contributed by atoms with Gasteiger partial charge in [0.25, 0.3) is 0 Å². The normalized spacial score (nSPS) is 44.2. The van der Waals surface area contributed by atoms with Crippen molar-refractivity contribution in [2.45, 2.75) is 119 Å². The lowest BCUT2D eigenvalue weighted by atomic mass is 9.50. The minimum atomic E-state index is 0.572. The minimum Gasteiger partial charge on any atom is -0.0668 e. The van der Waals surface area contributed by atoms with Crippen LogP contribution in [0.15, 0.2) is 11.1 Å². The Labute approximate surface area is 176 Å². The molecule has 0 bridgehead atoms. The third kappa shape index (κ3) is 3.43. The Morgan fingerprint density at radius 1 is 0.929 bits per heavy atom. The van der Waals surface area contributed by atoms with Crippen molar-refractivity contribution in [3.8, 4) is 0 Å². The molecule has 2 fully saturated rings. The minimum absolute atomic E-state index is 0.572. The van der Waals surface area contributed by atoms with Gasteiger partial charge in [-0.15, -0.1) is 0 Å². The van der Waals surface area contributed by atoms with Gasteiger partial charge in [0.2, 0.25) is 0 Å². The van der Waals surface area contributed by atoms with Crippen LogP contribution in [0.1, 0.15) is 119 Å². The molecule has 2 saturated carbocycles. The second-order valence-corrected chi connectivity index (χ2v) is 12.6. The molecular weight excluding hydrogens is 336 g/mol. The van der Waals surface area contributed by atoms with Gasteiger partial charge in [-0.3, -0.25) is 0 Å². The van der Waals surface area contributed by atoms with Gasteiger partial charge in [-0.2, -0.15) is 0 Å². The molecule has 0 N–H and O–H groups in total. The second kappa shape index (κ2) is 7.77. The first kappa shape index (κ1) is 21.0. The zero-order valence-electron chi connectivity index (χ0n) is 19.9. The quantitative estimate of drug-likeness (QED) is 0.415. The van der Waals surface area contributed by atoms with Crippen molar-refractivity contribution in [2.75, 3.05) is 0 Å². The van der Waals surface area contributed by atoms with E-state index in [2.05, 4.69) is 41.5 Å². The molecule has 0 aliphatic heterocycles. The van der Waals surface area contributed by atoms with Gasteiger partial charge in [-0.05, 0) is 104 Å². The summed E-state index contributed by atoms with van der Waals surface area (Å²) >= 11 is 0. The molecule has 0 heterocycles. The van der Waals surface area contributed by atoms with Gasteiger partial charge in [0.05, 0.1) is 0 Å². The molecule has 0 saturated heterocycles. The number of fused-ring (bicyclic) bond motifs is 4. The molecule has 7 atom stereocenters. The predicted octanol–water partition coefficient (Wildman–Crippen LogP) is 8.81. The summed E-state index contributed by atoms with van der Waals surface area (Å²) < 4.78 is 0. The van der Waals surface area contributed by atoms with E-state index in [9.17, 15) is 0 Å². The van der Waals surface area contributed by atoms with E-state index in [1.165, 1.54) is 77.0 Å². The average molecular weight is 385 g/mol. The lowest BCUT2D eigenvalue weighted by Crippen LogP contribution is -2.44. The lowest BCUT2D eigenvalue weighted by Gasteiger charge is -2.55. The molecule has 4 rings (SSSR count). The molecule has 0 aromatic carbocycles. The Kier molecular flexibility index (Phi) is 5.83. The Bertz CT molecular complexity index is 597. The Morgan fingerprint density at radius 3 is 2.46 bits per heavy atom. The largest absolute Gasteiger partial charge is 0.0668 e. The van der Waals surface area contributed by atoms with E-state index in [0.717, 1.165) is 35.5 Å². The van der Waals surface area contributed by atoms with E-state index in [4.69, 9.17) is 0 Å². The number of hydrogen-bond donors (Lipinski definition) is 0. The second-order valence-electron chi connectivity index (χ2n) is 12.6. The first-order chi connectivity index (χ1) is 13.3. The maximum Gasteiger partial charge on any atom is -0.00850 e. The molecule has 28 heavy (non-hydrogen) atoms. The van der Waals surface area contributed by atoms with Crippen molar-refractivity contribution in [2.24, 2.45) is 46.3 Å². The van der Waals surface area contributed by atoms with Crippen LogP contribution in [0.4, 0.5) is 0 Å². The molecule has 4 aliphatic carbocycles. The zero-order chi connectivity index (χ0) is 20.1. The maximum absolute atomic E-state index is 2.72. The van der Waals surface area contributed by atoms with Gasteiger partial charge in [0.1, 0.15) is 0 Å². The van der Waals surface area contributed by atoms with Gasteiger partial charge >= 0.3 is 0 Å². The first-order valence-corrected chi connectivity index (χ1v) is 13.0. The van der Waals surface area contributed by atoms with Crippen LogP contribution in [0.5, 0.6) is 0 Å². The molecule has 0 heteroatoms. The highest BCUT2D eigenvalue weighted by atomic mass is 14.6. The lowest BCUT2D eigenvalue weighted by molar-refractivity contribution is 0.0549. The predicted molar refractivity (Wildman–Crippen MR) is 122 cm³/mol. The summed E-state index contributed by atoms with van der Waals surface area (Å²) in [6.07, 6.45) is 17.7. The monoisotopic (exact) mass is 384 g/mol. The van der Waals surface area contributed by atoms with E-state index < -0.39 is 0 Å². The molecule has 2 unspecified atom stereocenters. The van der Waals surface area contributed by atoms with E-state index in [1.807, 2.05) is 11.1 Å². The average Bonchev–Trinajstić information content (AvgIpc) is 2.99. The van der Waals surface area contributed by atoms with Crippen LogP contribution in [-0.4, -0.2) is 0 Å². The summed E-state index contributed by atoms with van der Waals surface area (Å²) in [7, 11) is 0. The van der Waals surface area contributed by atoms with Crippen LogP contribution in [0.25, 0.3) is 0 Å². The third-order valence-electron chi connectivity index (χ3n) is 10.5. The van der Waals surface area contributed by atoms with Crippen LogP contribution < -0.4 is 0 Å². The van der Waals surface area contributed by atoms with Crippen molar-refractivity contribution in [3.63, 3.8) is 0 Å². The smallest absolute Gasteiger partial charge is 0.00850 e. The topological polar surface area (TPSA) is 0 Å². The molecule has 0 aromatic rings.